The van der Waals surface area contributed by atoms with Crippen LogP contribution < -0.4 is 4.87 Å². The minimum absolute atomic E-state index is 0.0758. The molecular formula is C8H13NO2S. The highest BCUT2D eigenvalue weighted by Gasteiger charge is 2.04. The Morgan fingerprint density at radius 1 is 1.67 bits per heavy atom. The van der Waals surface area contributed by atoms with E-state index in [4.69, 9.17) is 0 Å². The number of thiazole rings is 1. The van der Waals surface area contributed by atoms with Crippen LogP contribution in [0.15, 0.2) is 10.2 Å². The summed E-state index contributed by atoms with van der Waals surface area (Å²) >= 11 is 1.04. The van der Waals surface area contributed by atoms with Gasteiger partial charge in [0.15, 0.2) is 0 Å². The van der Waals surface area contributed by atoms with Crippen LogP contribution in [0.25, 0.3) is 0 Å². The number of hydrogen-bond donors (Lipinski definition) is 1. The van der Waals surface area contributed by atoms with Gasteiger partial charge in [0.05, 0.1) is 5.38 Å². The van der Waals surface area contributed by atoms with Gasteiger partial charge < -0.3 is 5.11 Å². The topological polar surface area (TPSA) is 42.2 Å². The van der Waals surface area contributed by atoms with Gasteiger partial charge in [-0.05, 0) is 12.3 Å². The molecule has 3 nitrogen and oxygen atoms in total. The third kappa shape index (κ3) is 2.11. The predicted octanol–water partition coefficient (Wildman–Crippen LogP) is 1.66. The minimum atomic E-state index is -0.0758. The van der Waals surface area contributed by atoms with E-state index in [1.807, 2.05) is 0 Å². The monoisotopic (exact) mass is 187 g/mol. The van der Waals surface area contributed by atoms with Crippen LogP contribution in [0.3, 0.4) is 0 Å². The van der Waals surface area contributed by atoms with Crippen LogP contribution in [0.5, 0.6) is 5.88 Å². The quantitative estimate of drug-likeness (QED) is 0.782. The lowest BCUT2D eigenvalue weighted by Crippen LogP contribution is -2.13. The lowest BCUT2D eigenvalue weighted by molar-refractivity contribution is 0.397. The van der Waals surface area contributed by atoms with Crippen molar-refractivity contribution < 1.29 is 5.11 Å². The molecule has 1 heterocycles. The fraction of sp³-hybridized carbons (Fsp3) is 0.625. The molecule has 0 aliphatic carbocycles. The third-order valence-corrected chi connectivity index (χ3v) is 2.44. The van der Waals surface area contributed by atoms with E-state index >= 15 is 0 Å². The molecule has 0 aliphatic rings. The van der Waals surface area contributed by atoms with Crippen LogP contribution in [-0.2, 0) is 6.54 Å². The van der Waals surface area contributed by atoms with Crippen molar-refractivity contribution in [3.05, 3.63) is 15.0 Å². The second-order valence-electron chi connectivity index (χ2n) is 3.19. The van der Waals surface area contributed by atoms with Gasteiger partial charge in [0.25, 0.3) is 0 Å². The van der Waals surface area contributed by atoms with Gasteiger partial charge in [-0.15, -0.1) is 0 Å². The van der Waals surface area contributed by atoms with Crippen molar-refractivity contribution in [1.82, 2.24) is 4.57 Å². The molecule has 0 aliphatic heterocycles. The highest BCUT2D eigenvalue weighted by Crippen LogP contribution is 2.11. The van der Waals surface area contributed by atoms with Crippen molar-refractivity contribution in [3.63, 3.8) is 0 Å². The minimum Gasteiger partial charge on any atom is -0.494 e. The zero-order valence-electron chi connectivity index (χ0n) is 7.28. The van der Waals surface area contributed by atoms with E-state index in [9.17, 15) is 9.90 Å². The Hall–Kier alpha value is -0.770. The first kappa shape index (κ1) is 9.32. The first-order valence-electron chi connectivity index (χ1n) is 3.98. The van der Waals surface area contributed by atoms with E-state index in [0.717, 1.165) is 17.8 Å². The Bertz CT molecular complexity index is 300. The molecule has 0 bridgehead atoms. The van der Waals surface area contributed by atoms with Crippen molar-refractivity contribution >= 4 is 11.3 Å². The average molecular weight is 187 g/mol. The van der Waals surface area contributed by atoms with Crippen LogP contribution in [0.2, 0.25) is 0 Å². The standard InChI is InChI=1S/C8H13NO2S/c1-6(2)3-4-9-7(10)5-12-8(9)11/h5-6,10H,3-4H2,1-2H3. The predicted molar refractivity (Wildman–Crippen MR) is 49.7 cm³/mol. The van der Waals surface area contributed by atoms with Crippen LogP contribution >= 0.6 is 11.3 Å². The number of hydrogen-bond acceptors (Lipinski definition) is 3. The van der Waals surface area contributed by atoms with Gasteiger partial charge in [0, 0.05) is 6.54 Å². The van der Waals surface area contributed by atoms with Gasteiger partial charge in [-0.2, -0.15) is 0 Å². The SMILES string of the molecule is CC(C)CCn1c(O)csc1=O. The number of rotatable bonds is 3. The van der Waals surface area contributed by atoms with Gasteiger partial charge in [-0.3, -0.25) is 9.36 Å². The molecule has 0 atom stereocenters. The smallest absolute Gasteiger partial charge is 0.309 e. The Morgan fingerprint density at radius 2 is 2.33 bits per heavy atom. The van der Waals surface area contributed by atoms with Gasteiger partial charge in [-0.25, -0.2) is 0 Å². The van der Waals surface area contributed by atoms with E-state index in [-0.39, 0.29) is 10.8 Å². The first-order chi connectivity index (χ1) is 5.61. The summed E-state index contributed by atoms with van der Waals surface area (Å²) in [5.41, 5.74) is 0. The van der Waals surface area contributed by atoms with E-state index in [0.29, 0.717) is 12.5 Å². The van der Waals surface area contributed by atoms with Crippen molar-refractivity contribution in [3.8, 4) is 5.88 Å². The second kappa shape index (κ2) is 3.76. The fourth-order valence-electron chi connectivity index (χ4n) is 0.917. The highest BCUT2D eigenvalue weighted by molar-refractivity contribution is 7.07. The summed E-state index contributed by atoms with van der Waals surface area (Å²) in [7, 11) is 0. The molecule has 1 N–H and O–H groups in total. The lowest BCUT2D eigenvalue weighted by atomic mass is 10.1. The zero-order chi connectivity index (χ0) is 9.14. The number of nitrogens with zero attached hydrogens (tertiary/aromatic N) is 1. The molecule has 0 amide bonds. The lowest BCUT2D eigenvalue weighted by Gasteiger charge is -2.04. The molecule has 4 heteroatoms. The van der Waals surface area contributed by atoms with Crippen LogP contribution in [-0.4, -0.2) is 9.67 Å². The van der Waals surface area contributed by atoms with E-state index in [1.54, 1.807) is 0 Å². The molecule has 1 rings (SSSR count). The van der Waals surface area contributed by atoms with E-state index in [2.05, 4.69) is 13.8 Å². The van der Waals surface area contributed by atoms with Crippen molar-refractivity contribution in [1.29, 1.82) is 0 Å². The largest absolute Gasteiger partial charge is 0.494 e. The van der Waals surface area contributed by atoms with Gasteiger partial charge in [0.2, 0.25) is 5.88 Å². The molecule has 0 aromatic carbocycles. The van der Waals surface area contributed by atoms with Crippen molar-refractivity contribution in [2.45, 2.75) is 26.8 Å². The van der Waals surface area contributed by atoms with Crippen molar-refractivity contribution in [2.75, 3.05) is 0 Å². The summed E-state index contributed by atoms with van der Waals surface area (Å²) < 4.78 is 1.41. The molecule has 12 heavy (non-hydrogen) atoms. The maximum absolute atomic E-state index is 11.1. The van der Waals surface area contributed by atoms with Gasteiger partial charge in [-0.1, -0.05) is 25.2 Å². The summed E-state index contributed by atoms with van der Waals surface area (Å²) in [6, 6.07) is 0. The summed E-state index contributed by atoms with van der Waals surface area (Å²) in [6.07, 6.45) is 0.921. The van der Waals surface area contributed by atoms with Gasteiger partial charge >= 0.3 is 4.87 Å². The average Bonchev–Trinajstić information content (AvgIpc) is 2.28. The van der Waals surface area contributed by atoms with Crippen LogP contribution in [0, 0.1) is 5.92 Å². The molecule has 1 aromatic rings. The highest BCUT2D eigenvalue weighted by atomic mass is 32.1. The molecule has 0 spiro atoms. The summed E-state index contributed by atoms with van der Waals surface area (Å²) in [6.45, 7) is 4.80. The first-order valence-corrected chi connectivity index (χ1v) is 4.86. The second-order valence-corrected chi connectivity index (χ2v) is 4.01. The van der Waals surface area contributed by atoms with E-state index < -0.39 is 0 Å². The van der Waals surface area contributed by atoms with Crippen LogP contribution in [0.4, 0.5) is 0 Å². The molecule has 0 unspecified atom stereocenters. The number of aromatic nitrogens is 1. The number of aromatic hydroxyl groups is 1. The molecule has 1 aromatic heterocycles. The third-order valence-electron chi connectivity index (χ3n) is 1.69. The molecule has 0 radical (unpaired) electrons. The van der Waals surface area contributed by atoms with Crippen LogP contribution in [0.1, 0.15) is 20.3 Å². The molecule has 0 saturated carbocycles. The van der Waals surface area contributed by atoms with Gasteiger partial charge in [0.1, 0.15) is 0 Å². The Morgan fingerprint density at radius 3 is 2.75 bits per heavy atom. The molecular weight excluding hydrogens is 174 g/mol. The Labute approximate surface area is 75.3 Å². The fourth-order valence-corrected chi connectivity index (χ4v) is 1.56. The molecule has 68 valence electrons. The molecule has 0 fully saturated rings. The summed E-state index contributed by atoms with van der Waals surface area (Å²) in [5.74, 6) is 0.641. The molecule has 0 saturated heterocycles. The maximum atomic E-state index is 11.1. The Balaban J connectivity index is 2.68. The van der Waals surface area contributed by atoms with E-state index in [1.165, 1.54) is 9.95 Å². The van der Waals surface area contributed by atoms with Crippen molar-refractivity contribution in [2.24, 2.45) is 5.92 Å². The maximum Gasteiger partial charge on any atom is 0.309 e. The Kier molecular flexibility index (Phi) is 2.92. The normalized spacial score (nSPS) is 10.9. The summed E-state index contributed by atoms with van der Waals surface area (Å²) in [5, 5.41) is 10.7. The summed E-state index contributed by atoms with van der Waals surface area (Å²) in [4.78, 5) is 11.0. The zero-order valence-corrected chi connectivity index (χ0v) is 8.10.